The van der Waals surface area contributed by atoms with E-state index in [1.54, 1.807) is 11.8 Å². The molecule has 0 aliphatic carbocycles. The van der Waals surface area contributed by atoms with Crippen LogP contribution in [0.4, 0.5) is 0 Å². The quantitative estimate of drug-likeness (QED) is 0.808. The van der Waals surface area contributed by atoms with Crippen molar-refractivity contribution in [3.05, 3.63) is 42.2 Å². The Morgan fingerprint density at radius 3 is 2.67 bits per heavy atom. The molecule has 1 aliphatic rings. The SMILES string of the molecule is NCc1cn(CC2CCN(C(=O)CSc3ccccc3)CC2)nn1. The van der Waals surface area contributed by atoms with Gasteiger partial charge in [-0.2, -0.15) is 0 Å². The molecule has 24 heavy (non-hydrogen) atoms. The molecule has 1 aromatic carbocycles. The van der Waals surface area contributed by atoms with Crippen molar-refractivity contribution in [3.63, 3.8) is 0 Å². The molecule has 0 spiro atoms. The van der Waals surface area contributed by atoms with E-state index >= 15 is 0 Å². The zero-order valence-corrected chi connectivity index (χ0v) is 14.5. The van der Waals surface area contributed by atoms with Crippen molar-refractivity contribution in [2.24, 2.45) is 11.7 Å². The molecule has 0 unspecified atom stereocenters. The fourth-order valence-corrected chi connectivity index (χ4v) is 3.73. The third kappa shape index (κ3) is 4.58. The van der Waals surface area contributed by atoms with Crippen molar-refractivity contribution in [1.29, 1.82) is 0 Å². The number of nitrogens with zero attached hydrogens (tertiary/aromatic N) is 4. The number of carbonyl (C=O) groups excluding carboxylic acids is 1. The molecule has 0 atom stereocenters. The van der Waals surface area contributed by atoms with Gasteiger partial charge in [-0.25, -0.2) is 0 Å². The van der Waals surface area contributed by atoms with Crippen LogP contribution in [0.25, 0.3) is 0 Å². The van der Waals surface area contributed by atoms with Crippen molar-refractivity contribution >= 4 is 17.7 Å². The summed E-state index contributed by atoms with van der Waals surface area (Å²) >= 11 is 1.61. The highest BCUT2D eigenvalue weighted by Crippen LogP contribution is 2.22. The second-order valence-electron chi connectivity index (χ2n) is 6.06. The van der Waals surface area contributed by atoms with E-state index in [1.165, 1.54) is 0 Å². The molecule has 1 saturated heterocycles. The van der Waals surface area contributed by atoms with Crippen LogP contribution in [0.1, 0.15) is 18.5 Å². The minimum atomic E-state index is 0.230. The highest BCUT2D eigenvalue weighted by atomic mass is 32.2. The Morgan fingerprint density at radius 2 is 2.00 bits per heavy atom. The second kappa shape index (κ2) is 8.30. The summed E-state index contributed by atoms with van der Waals surface area (Å²) < 4.78 is 1.87. The van der Waals surface area contributed by atoms with E-state index in [0.29, 0.717) is 18.2 Å². The Morgan fingerprint density at radius 1 is 1.25 bits per heavy atom. The average Bonchev–Trinajstić information content (AvgIpc) is 3.09. The van der Waals surface area contributed by atoms with Crippen molar-refractivity contribution in [3.8, 4) is 0 Å². The van der Waals surface area contributed by atoms with Crippen molar-refractivity contribution < 1.29 is 4.79 Å². The van der Waals surface area contributed by atoms with Gasteiger partial charge in [-0.15, -0.1) is 16.9 Å². The van der Waals surface area contributed by atoms with Gasteiger partial charge >= 0.3 is 0 Å². The largest absolute Gasteiger partial charge is 0.342 e. The van der Waals surface area contributed by atoms with Gasteiger partial charge in [0, 0.05) is 37.3 Å². The summed E-state index contributed by atoms with van der Waals surface area (Å²) in [6.45, 7) is 2.94. The molecule has 128 valence electrons. The average molecular weight is 345 g/mol. The Kier molecular flexibility index (Phi) is 5.87. The highest BCUT2D eigenvalue weighted by Gasteiger charge is 2.23. The lowest BCUT2D eigenvalue weighted by molar-refractivity contribution is -0.129. The number of nitrogens with two attached hydrogens (primary N) is 1. The fraction of sp³-hybridized carbons (Fsp3) is 0.471. The number of hydrogen-bond acceptors (Lipinski definition) is 5. The lowest BCUT2D eigenvalue weighted by Gasteiger charge is -2.31. The summed E-state index contributed by atoms with van der Waals surface area (Å²) in [6.07, 6.45) is 3.94. The molecule has 0 saturated carbocycles. The number of rotatable bonds is 6. The van der Waals surface area contributed by atoms with E-state index in [9.17, 15) is 4.79 Å². The van der Waals surface area contributed by atoms with E-state index in [0.717, 1.165) is 43.1 Å². The molecule has 2 N–H and O–H groups in total. The van der Waals surface area contributed by atoms with Crippen LogP contribution in [0, 0.1) is 5.92 Å². The van der Waals surface area contributed by atoms with E-state index in [-0.39, 0.29) is 5.91 Å². The summed E-state index contributed by atoms with van der Waals surface area (Å²) in [7, 11) is 0. The number of piperidine rings is 1. The minimum Gasteiger partial charge on any atom is -0.342 e. The Hall–Kier alpha value is -1.86. The Balaban J connectivity index is 1.42. The summed E-state index contributed by atoms with van der Waals surface area (Å²) in [5, 5.41) is 8.12. The molecule has 0 bridgehead atoms. The van der Waals surface area contributed by atoms with Gasteiger partial charge in [0.1, 0.15) is 0 Å². The Bertz CT molecular complexity index is 652. The first-order valence-electron chi connectivity index (χ1n) is 8.29. The minimum absolute atomic E-state index is 0.230. The molecule has 1 aromatic heterocycles. The van der Waals surface area contributed by atoms with Gasteiger partial charge in [0.25, 0.3) is 0 Å². The molecule has 3 rings (SSSR count). The Labute approximate surface area is 146 Å². The summed E-state index contributed by atoms with van der Waals surface area (Å²) in [4.78, 5) is 15.5. The first-order valence-corrected chi connectivity index (χ1v) is 9.28. The molecule has 1 amide bonds. The molecular formula is C17H23N5OS. The van der Waals surface area contributed by atoms with Crippen LogP contribution in [0.5, 0.6) is 0 Å². The lowest BCUT2D eigenvalue weighted by Crippen LogP contribution is -2.40. The number of amides is 1. The fourth-order valence-electron chi connectivity index (χ4n) is 2.90. The molecule has 1 aliphatic heterocycles. The zero-order valence-electron chi connectivity index (χ0n) is 13.7. The predicted octanol–water partition coefficient (Wildman–Crippen LogP) is 1.77. The maximum absolute atomic E-state index is 12.3. The highest BCUT2D eigenvalue weighted by molar-refractivity contribution is 8.00. The number of likely N-dealkylation sites (tertiary alicyclic amines) is 1. The smallest absolute Gasteiger partial charge is 0.232 e. The van der Waals surface area contributed by atoms with Crippen molar-refractivity contribution in [2.75, 3.05) is 18.8 Å². The summed E-state index contributed by atoms with van der Waals surface area (Å²) in [5.74, 6) is 1.29. The topological polar surface area (TPSA) is 77.0 Å². The number of hydrogen-bond donors (Lipinski definition) is 1. The van der Waals surface area contributed by atoms with Crippen molar-refractivity contribution in [2.45, 2.75) is 30.8 Å². The van der Waals surface area contributed by atoms with E-state index < -0.39 is 0 Å². The van der Waals surface area contributed by atoms with E-state index in [2.05, 4.69) is 10.3 Å². The van der Waals surface area contributed by atoms with Gasteiger partial charge in [-0.1, -0.05) is 23.4 Å². The normalized spacial score (nSPS) is 15.6. The van der Waals surface area contributed by atoms with Crippen LogP contribution < -0.4 is 5.73 Å². The van der Waals surface area contributed by atoms with Gasteiger partial charge in [0.05, 0.1) is 11.4 Å². The van der Waals surface area contributed by atoms with E-state index in [1.807, 2.05) is 46.1 Å². The number of carbonyl (C=O) groups is 1. The van der Waals surface area contributed by atoms with E-state index in [4.69, 9.17) is 5.73 Å². The number of thioether (sulfide) groups is 1. The first kappa shape index (κ1) is 17.0. The lowest BCUT2D eigenvalue weighted by atomic mass is 9.97. The second-order valence-corrected chi connectivity index (χ2v) is 7.11. The van der Waals surface area contributed by atoms with Gasteiger partial charge in [0.2, 0.25) is 5.91 Å². The molecule has 0 radical (unpaired) electrons. The zero-order chi connectivity index (χ0) is 16.8. The van der Waals surface area contributed by atoms with Crippen LogP contribution in [0.3, 0.4) is 0 Å². The van der Waals surface area contributed by atoms with Crippen LogP contribution in [-0.4, -0.2) is 44.6 Å². The van der Waals surface area contributed by atoms with Gasteiger partial charge in [0.15, 0.2) is 0 Å². The number of benzene rings is 1. The number of aromatic nitrogens is 3. The summed E-state index contributed by atoms with van der Waals surface area (Å²) in [5.41, 5.74) is 6.38. The third-order valence-electron chi connectivity index (χ3n) is 4.31. The van der Waals surface area contributed by atoms with Crippen LogP contribution in [0.15, 0.2) is 41.4 Å². The molecule has 7 heteroatoms. The van der Waals surface area contributed by atoms with Crippen molar-refractivity contribution in [1.82, 2.24) is 19.9 Å². The summed E-state index contributed by atoms with van der Waals surface area (Å²) in [6, 6.07) is 10.1. The van der Waals surface area contributed by atoms with Gasteiger partial charge < -0.3 is 10.6 Å². The first-order chi connectivity index (χ1) is 11.7. The third-order valence-corrected chi connectivity index (χ3v) is 5.31. The van der Waals surface area contributed by atoms with Crippen LogP contribution >= 0.6 is 11.8 Å². The predicted molar refractivity (Wildman–Crippen MR) is 94.4 cm³/mol. The molecule has 6 nitrogen and oxygen atoms in total. The van der Waals surface area contributed by atoms with Gasteiger partial charge in [-0.05, 0) is 30.9 Å². The molecule has 1 fully saturated rings. The molecule has 2 heterocycles. The molecule has 2 aromatic rings. The van der Waals surface area contributed by atoms with Crippen LogP contribution in [-0.2, 0) is 17.9 Å². The maximum atomic E-state index is 12.3. The monoisotopic (exact) mass is 345 g/mol. The maximum Gasteiger partial charge on any atom is 0.232 e. The molecular weight excluding hydrogens is 322 g/mol. The van der Waals surface area contributed by atoms with Crippen LogP contribution in [0.2, 0.25) is 0 Å². The standard InChI is InChI=1S/C17H23N5OS/c18-10-15-12-22(20-19-15)11-14-6-8-21(9-7-14)17(23)13-24-16-4-2-1-3-5-16/h1-5,12,14H,6-11,13,18H2. The van der Waals surface area contributed by atoms with Gasteiger partial charge in [-0.3, -0.25) is 9.48 Å².